The largest absolute Gasteiger partial charge is 0.464 e. The van der Waals surface area contributed by atoms with Gasteiger partial charge in [0, 0.05) is 13.0 Å². The van der Waals surface area contributed by atoms with E-state index in [1.54, 1.807) is 0 Å². The van der Waals surface area contributed by atoms with Crippen LogP contribution in [0, 0.1) is 0 Å². The third kappa shape index (κ3) is 3.34. The Morgan fingerprint density at radius 3 is 2.94 bits per heavy atom. The first-order valence-corrected chi connectivity index (χ1v) is 4.92. The number of amides is 1. The molecule has 88 valence electrons. The highest BCUT2D eigenvalue weighted by atomic mass is 16.5. The number of carbonyl (C=O) groups is 2. The second-order valence-electron chi connectivity index (χ2n) is 3.06. The summed E-state index contributed by atoms with van der Waals surface area (Å²) in [6, 6.07) is 0. The first kappa shape index (κ1) is 12.2. The maximum absolute atomic E-state index is 11.1. The van der Waals surface area contributed by atoms with Crippen molar-refractivity contribution in [3.05, 3.63) is 11.9 Å². The topological polar surface area (TPSA) is 86.1 Å². The van der Waals surface area contributed by atoms with Crippen LogP contribution < -0.4 is 5.32 Å². The molecule has 0 aliphatic carbocycles. The highest BCUT2D eigenvalue weighted by Gasteiger charge is 2.10. The van der Waals surface area contributed by atoms with Crippen LogP contribution in [0.4, 0.5) is 0 Å². The summed E-state index contributed by atoms with van der Waals surface area (Å²) in [5.41, 5.74) is 0.137. The van der Waals surface area contributed by atoms with Gasteiger partial charge in [0.2, 0.25) is 5.91 Å². The lowest BCUT2D eigenvalue weighted by molar-refractivity contribution is -0.121. The van der Waals surface area contributed by atoms with Crippen molar-refractivity contribution in [3.63, 3.8) is 0 Å². The molecule has 0 saturated heterocycles. The molecular formula is C9H14N4O3. The van der Waals surface area contributed by atoms with Gasteiger partial charge in [-0.3, -0.25) is 9.48 Å². The third-order valence-electron chi connectivity index (χ3n) is 1.88. The summed E-state index contributed by atoms with van der Waals surface area (Å²) in [5.74, 6) is -0.595. The van der Waals surface area contributed by atoms with E-state index in [1.807, 2.05) is 6.92 Å². The van der Waals surface area contributed by atoms with E-state index in [0.29, 0.717) is 19.5 Å². The number of carbonyl (C=O) groups excluding carboxylic acids is 2. The lowest BCUT2D eigenvalue weighted by atomic mass is 10.4. The van der Waals surface area contributed by atoms with E-state index < -0.39 is 5.97 Å². The molecule has 0 atom stereocenters. The van der Waals surface area contributed by atoms with Gasteiger partial charge in [-0.25, -0.2) is 4.79 Å². The smallest absolute Gasteiger partial charge is 0.360 e. The fraction of sp³-hybridized carbons (Fsp3) is 0.556. The summed E-state index contributed by atoms with van der Waals surface area (Å²) in [7, 11) is 1.27. The van der Waals surface area contributed by atoms with Crippen LogP contribution >= 0.6 is 0 Å². The van der Waals surface area contributed by atoms with Gasteiger partial charge in [-0.1, -0.05) is 5.21 Å². The Labute approximate surface area is 92.8 Å². The van der Waals surface area contributed by atoms with Crippen LogP contribution in [0.25, 0.3) is 0 Å². The molecule has 1 aromatic heterocycles. The Bertz CT molecular complexity index is 375. The summed E-state index contributed by atoms with van der Waals surface area (Å²) in [4.78, 5) is 22.2. The fourth-order valence-electron chi connectivity index (χ4n) is 1.11. The van der Waals surface area contributed by atoms with Crippen molar-refractivity contribution < 1.29 is 14.3 Å². The average Bonchev–Trinajstić information content (AvgIpc) is 2.74. The SMILES string of the molecule is CCNC(=O)CCn1cc(C(=O)OC)nn1. The number of hydrogen-bond acceptors (Lipinski definition) is 5. The van der Waals surface area contributed by atoms with Gasteiger partial charge in [-0.2, -0.15) is 0 Å². The van der Waals surface area contributed by atoms with Gasteiger partial charge < -0.3 is 10.1 Å². The molecule has 0 aliphatic heterocycles. The Balaban J connectivity index is 2.46. The molecular weight excluding hydrogens is 212 g/mol. The highest BCUT2D eigenvalue weighted by molar-refractivity contribution is 5.86. The van der Waals surface area contributed by atoms with E-state index in [1.165, 1.54) is 18.0 Å². The van der Waals surface area contributed by atoms with E-state index in [4.69, 9.17) is 0 Å². The van der Waals surface area contributed by atoms with Gasteiger partial charge in [-0.05, 0) is 6.92 Å². The zero-order valence-electron chi connectivity index (χ0n) is 9.27. The Morgan fingerprint density at radius 1 is 1.56 bits per heavy atom. The molecule has 0 saturated carbocycles. The van der Waals surface area contributed by atoms with Crippen molar-refractivity contribution in [1.29, 1.82) is 0 Å². The summed E-state index contributed by atoms with van der Waals surface area (Å²) in [5, 5.41) is 9.99. The number of methoxy groups -OCH3 is 1. The third-order valence-corrected chi connectivity index (χ3v) is 1.88. The van der Waals surface area contributed by atoms with Gasteiger partial charge in [-0.15, -0.1) is 5.10 Å². The van der Waals surface area contributed by atoms with Crippen molar-refractivity contribution in [3.8, 4) is 0 Å². The molecule has 1 amide bonds. The molecule has 1 aromatic rings. The van der Waals surface area contributed by atoms with Crippen molar-refractivity contribution >= 4 is 11.9 Å². The number of esters is 1. The van der Waals surface area contributed by atoms with Crippen molar-refractivity contribution in [2.24, 2.45) is 0 Å². The molecule has 7 heteroatoms. The lowest BCUT2D eigenvalue weighted by Gasteiger charge is -2.00. The molecule has 7 nitrogen and oxygen atoms in total. The maximum atomic E-state index is 11.1. The van der Waals surface area contributed by atoms with Gasteiger partial charge in [0.1, 0.15) is 0 Å². The normalized spacial score (nSPS) is 9.88. The molecule has 0 spiro atoms. The van der Waals surface area contributed by atoms with Crippen LogP contribution in [0.1, 0.15) is 23.8 Å². The van der Waals surface area contributed by atoms with Gasteiger partial charge in [0.05, 0.1) is 19.9 Å². The first-order valence-electron chi connectivity index (χ1n) is 4.92. The Kier molecular flexibility index (Phi) is 4.43. The zero-order chi connectivity index (χ0) is 12.0. The molecule has 0 fully saturated rings. The van der Waals surface area contributed by atoms with Gasteiger partial charge in [0.15, 0.2) is 5.69 Å². The minimum Gasteiger partial charge on any atom is -0.464 e. The van der Waals surface area contributed by atoms with E-state index in [0.717, 1.165) is 0 Å². The second kappa shape index (κ2) is 5.84. The molecule has 0 unspecified atom stereocenters. The molecule has 0 aromatic carbocycles. The molecule has 0 radical (unpaired) electrons. The molecule has 1 rings (SSSR count). The molecule has 1 N–H and O–H groups in total. The van der Waals surface area contributed by atoms with E-state index >= 15 is 0 Å². The maximum Gasteiger partial charge on any atom is 0.360 e. The number of nitrogens with zero attached hydrogens (tertiary/aromatic N) is 3. The minimum absolute atomic E-state index is 0.0578. The predicted molar refractivity (Wildman–Crippen MR) is 54.7 cm³/mol. The number of nitrogens with one attached hydrogen (secondary N) is 1. The molecule has 0 bridgehead atoms. The van der Waals surface area contributed by atoms with Crippen molar-refractivity contribution in [1.82, 2.24) is 20.3 Å². The van der Waals surface area contributed by atoms with Crippen LogP contribution in [0.2, 0.25) is 0 Å². The number of rotatable bonds is 5. The van der Waals surface area contributed by atoms with Crippen molar-refractivity contribution in [2.45, 2.75) is 19.9 Å². The molecule has 16 heavy (non-hydrogen) atoms. The Morgan fingerprint density at radius 2 is 2.31 bits per heavy atom. The van der Waals surface area contributed by atoms with Crippen LogP contribution in [0.5, 0.6) is 0 Å². The molecule has 0 aliphatic rings. The number of ether oxygens (including phenoxy) is 1. The van der Waals surface area contributed by atoms with Crippen LogP contribution in [-0.4, -0.2) is 40.5 Å². The highest BCUT2D eigenvalue weighted by Crippen LogP contribution is 1.96. The summed E-state index contributed by atoms with van der Waals surface area (Å²) < 4.78 is 5.91. The average molecular weight is 226 g/mol. The van der Waals surface area contributed by atoms with E-state index in [2.05, 4.69) is 20.4 Å². The number of aromatic nitrogens is 3. The summed E-state index contributed by atoms with van der Waals surface area (Å²) in [6.45, 7) is 2.84. The lowest BCUT2D eigenvalue weighted by Crippen LogP contribution is -2.23. The minimum atomic E-state index is -0.538. The standard InChI is InChI=1S/C9H14N4O3/c1-3-10-8(14)4-5-13-6-7(11-12-13)9(15)16-2/h6H,3-5H2,1-2H3,(H,10,14). The number of aryl methyl sites for hydroxylation is 1. The summed E-state index contributed by atoms with van der Waals surface area (Å²) >= 11 is 0. The van der Waals surface area contributed by atoms with Gasteiger partial charge >= 0.3 is 5.97 Å². The summed E-state index contributed by atoms with van der Waals surface area (Å²) in [6.07, 6.45) is 1.75. The number of hydrogen-bond donors (Lipinski definition) is 1. The van der Waals surface area contributed by atoms with Gasteiger partial charge in [0.25, 0.3) is 0 Å². The van der Waals surface area contributed by atoms with Crippen LogP contribution in [0.3, 0.4) is 0 Å². The molecule has 1 heterocycles. The quantitative estimate of drug-likeness (QED) is 0.690. The van der Waals surface area contributed by atoms with E-state index in [9.17, 15) is 9.59 Å². The van der Waals surface area contributed by atoms with Crippen molar-refractivity contribution in [2.75, 3.05) is 13.7 Å². The first-order chi connectivity index (χ1) is 7.67. The second-order valence-corrected chi connectivity index (χ2v) is 3.06. The van der Waals surface area contributed by atoms with E-state index in [-0.39, 0.29) is 11.6 Å². The zero-order valence-corrected chi connectivity index (χ0v) is 9.27. The fourth-order valence-corrected chi connectivity index (χ4v) is 1.11. The Hall–Kier alpha value is -1.92. The van der Waals surface area contributed by atoms with Crippen LogP contribution in [-0.2, 0) is 16.1 Å². The predicted octanol–water partition coefficient (Wildman–Crippen LogP) is -0.409. The van der Waals surface area contributed by atoms with Crippen LogP contribution in [0.15, 0.2) is 6.20 Å². The monoisotopic (exact) mass is 226 g/mol.